The second-order valence-corrected chi connectivity index (χ2v) is 7.46. The highest BCUT2D eigenvalue weighted by atomic mass is 32.2. The average molecular weight is 426 g/mol. The molecule has 3 aromatic rings. The molecule has 1 heterocycles. The van der Waals surface area contributed by atoms with Gasteiger partial charge in [0, 0.05) is 29.3 Å². The van der Waals surface area contributed by atoms with Crippen LogP contribution in [0.1, 0.15) is 28.7 Å². The predicted molar refractivity (Wildman–Crippen MR) is 116 cm³/mol. The van der Waals surface area contributed by atoms with Crippen LogP contribution in [0.5, 0.6) is 5.75 Å². The number of ether oxygens (including phenoxy) is 1. The Balaban J connectivity index is 1.64. The first-order chi connectivity index (χ1) is 14.5. The zero-order chi connectivity index (χ0) is 21.3. The predicted octanol–water partition coefficient (Wildman–Crippen LogP) is 4.04. The minimum atomic E-state index is -0.229. The number of benzene rings is 2. The molecule has 0 spiro atoms. The average Bonchev–Trinajstić information content (AvgIpc) is 3.16. The number of aromatic nitrogens is 1. The van der Waals surface area contributed by atoms with Crippen molar-refractivity contribution in [1.82, 2.24) is 10.5 Å². The smallest absolute Gasteiger partial charge is 0.257 e. The maximum atomic E-state index is 12.8. The summed E-state index contributed by atoms with van der Waals surface area (Å²) in [5, 5.41) is 9.44. The van der Waals surface area contributed by atoms with Gasteiger partial charge < -0.3 is 19.9 Å². The van der Waals surface area contributed by atoms with Crippen molar-refractivity contribution in [3.05, 3.63) is 71.6 Å². The van der Waals surface area contributed by atoms with Gasteiger partial charge in [-0.15, -0.1) is 11.8 Å². The van der Waals surface area contributed by atoms with Gasteiger partial charge in [-0.3, -0.25) is 9.59 Å². The van der Waals surface area contributed by atoms with E-state index in [2.05, 4.69) is 15.8 Å². The molecule has 0 unspecified atom stereocenters. The molecule has 0 atom stereocenters. The number of hydrogen-bond donors (Lipinski definition) is 2. The van der Waals surface area contributed by atoms with E-state index in [0.29, 0.717) is 29.3 Å². The number of amides is 2. The zero-order valence-electron chi connectivity index (χ0n) is 16.8. The molecule has 0 aliphatic rings. The van der Waals surface area contributed by atoms with E-state index < -0.39 is 0 Å². The van der Waals surface area contributed by atoms with E-state index in [0.717, 1.165) is 16.3 Å². The molecule has 0 fully saturated rings. The number of rotatable bonds is 9. The van der Waals surface area contributed by atoms with Gasteiger partial charge in [-0.1, -0.05) is 23.4 Å². The normalized spacial score (nSPS) is 10.5. The topological polar surface area (TPSA) is 93.5 Å². The van der Waals surface area contributed by atoms with E-state index >= 15 is 0 Å². The van der Waals surface area contributed by atoms with Crippen LogP contribution in [-0.2, 0) is 10.5 Å². The van der Waals surface area contributed by atoms with Gasteiger partial charge >= 0.3 is 0 Å². The molecule has 0 bridgehead atoms. The van der Waals surface area contributed by atoms with Crippen molar-refractivity contribution in [2.45, 2.75) is 24.5 Å². The first-order valence-corrected chi connectivity index (χ1v) is 10.5. The van der Waals surface area contributed by atoms with Crippen molar-refractivity contribution in [2.24, 2.45) is 0 Å². The Kier molecular flexibility index (Phi) is 7.51. The summed E-state index contributed by atoms with van der Waals surface area (Å²) in [5.41, 5.74) is 1.97. The number of carbonyl (C=O) groups excluding carboxylic acids is 2. The lowest BCUT2D eigenvalue weighted by atomic mass is 10.2. The SMILES string of the molecule is CCNC(=O)COc1cccc(NC(=O)c2ccccc2SCc2cc(C)no2)c1. The number of nitrogens with one attached hydrogen (secondary N) is 2. The summed E-state index contributed by atoms with van der Waals surface area (Å²) in [6.45, 7) is 4.18. The number of anilines is 1. The Morgan fingerprint density at radius 3 is 2.73 bits per heavy atom. The Hall–Kier alpha value is -3.26. The number of thioether (sulfide) groups is 1. The number of hydrogen-bond acceptors (Lipinski definition) is 6. The van der Waals surface area contributed by atoms with Gasteiger partial charge in [0.1, 0.15) is 11.5 Å². The highest BCUT2D eigenvalue weighted by molar-refractivity contribution is 7.98. The van der Waals surface area contributed by atoms with Gasteiger partial charge in [0.15, 0.2) is 6.61 Å². The number of aryl methyl sites for hydroxylation is 1. The van der Waals surface area contributed by atoms with Crippen LogP contribution in [0, 0.1) is 6.92 Å². The Bertz CT molecular complexity index is 1020. The Morgan fingerprint density at radius 1 is 1.13 bits per heavy atom. The van der Waals surface area contributed by atoms with E-state index in [1.54, 1.807) is 30.3 Å². The second-order valence-electron chi connectivity index (χ2n) is 6.44. The van der Waals surface area contributed by atoms with Crippen LogP contribution >= 0.6 is 11.8 Å². The van der Waals surface area contributed by atoms with Crippen LogP contribution in [0.4, 0.5) is 5.69 Å². The molecule has 0 saturated carbocycles. The quantitative estimate of drug-likeness (QED) is 0.503. The van der Waals surface area contributed by atoms with Crippen molar-refractivity contribution in [1.29, 1.82) is 0 Å². The molecule has 2 aromatic carbocycles. The third-order valence-corrected chi connectivity index (χ3v) is 5.11. The summed E-state index contributed by atoms with van der Waals surface area (Å²) in [4.78, 5) is 25.2. The fourth-order valence-electron chi connectivity index (χ4n) is 2.67. The highest BCUT2D eigenvalue weighted by Crippen LogP contribution is 2.27. The molecule has 0 radical (unpaired) electrons. The molecule has 2 N–H and O–H groups in total. The number of nitrogens with zero attached hydrogens (tertiary/aromatic N) is 1. The third-order valence-electron chi connectivity index (χ3n) is 4.01. The maximum Gasteiger partial charge on any atom is 0.257 e. The highest BCUT2D eigenvalue weighted by Gasteiger charge is 2.13. The monoisotopic (exact) mass is 425 g/mol. The lowest BCUT2D eigenvalue weighted by molar-refractivity contribution is -0.122. The molecule has 8 heteroatoms. The van der Waals surface area contributed by atoms with E-state index in [4.69, 9.17) is 9.26 Å². The molecule has 0 aliphatic carbocycles. The molecule has 1 aromatic heterocycles. The van der Waals surface area contributed by atoms with Gasteiger partial charge in [-0.05, 0) is 38.1 Å². The Labute approximate surface area is 179 Å². The first-order valence-electron chi connectivity index (χ1n) is 9.50. The maximum absolute atomic E-state index is 12.8. The van der Waals surface area contributed by atoms with Crippen LogP contribution in [0.15, 0.2) is 64.0 Å². The van der Waals surface area contributed by atoms with E-state index in [9.17, 15) is 9.59 Å². The van der Waals surface area contributed by atoms with Crippen LogP contribution in [-0.4, -0.2) is 30.1 Å². The first kappa shape index (κ1) is 21.4. The van der Waals surface area contributed by atoms with E-state index in [-0.39, 0.29) is 18.4 Å². The minimum Gasteiger partial charge on any atom is -0.484 e. The minimum absolute atomic E-state index is 0.0776. The van der Waals surface area contributed by atoms with Crippen LogP contribution in [0.2, 0.25) is 0 Å². The molecule has 30 heavy (non-hydrogen) atoms. The van der Waals surface area contributed by atoms with E-state index in [1.807, 2.05) is 38.1 Å². The Morgan fingerprint density at radius 2 is 1.97 bits per heavy atom. The lowest BCUT2D eigenvalue weighted by Gasteiger charge is -2.11. The van der Waals surface area contributed by atoms with Gasteiger partial charge in [0.25, 0.3) is 11.8 Å². The van der Waals surface area contributed by atoms with Gasteiger partial charge in [0.05, 0.1) is 17.0 Å². The van der Waals surface area contributed by atoms with Crippen LogP contribution in [0.3, 0.4) is 0 Å². The molecular weight excluding hydrogens is 402 g/mol. The van der Waals surface area contributed by atoms with Gasteiger partial charge in [-0.25, -0.2) is 0 Å². The molecular formula is C22H23N3O4S. The van der Waals surface area contributed by atoms with Crippen LogP contribution in [0.25, 0.3) is 0 Å². The molecule has 156 valence electrons. The lowest BCUT2D eigenvalue weighted by Crippen LogP contribution is -2.28. The summed E-state index contributed by atoms with van der Waals surface area (Å²) in [5.74, 6) is 1.41. The fourth-order valence-corrected chi connectivity index (χ4v) is 3.60. The second kappa shape index (κ2) is 10.5. The summed E-state index contributed by atoms with van der Waals surface area (Å²) < 4.78 is 10.7. The van der Waals surface area contributed by atoms with Crippen molar-refractivity contribution in [3.63, 3.8) is 0 Å². The van der Waals surface area contributed by atoms with Crippen molar-refractivity contribution in [2.75, 3.05) is 18.5 Å². The molecule has 2 amide bonds. The van der Waals surface area contributed by atoms with Crippen molar-refractivity contribution >= 4 is 29.3 Å². The summed E-state index contributed by atoms with van der Waals surface area (Å²) in [7, 11) is 0. The number of likely N-dealkylation sites (N-methyl/N-ethyl adjacent to an activating group) is 1. The number of carbonyl (C=O) groups is 2. The molecule has 7 nitrogen and oxygen atoms in total. The van der Waals surface area contributed by atoms with E-state index in [1.165, 1.54) is 11.8 Å². The van der Waals surface area contributed by atoms with Crippen molar-refractivity contribution < 1.29 is 18.8 Å². The summed E-state index contributed by atoms with van der Waals surface area (Å²) >= 11 is 1.51. The van der Waals surface area contributed by atoms with Gasteiger partial charge in [-0.2, -0.15) is 0 Å². The largest absolute Gasteiger partial charge is 0.484 e. The standard InChI is InChI=1S/C22H23N3O4S/c1-3-23-21(26)13-28-17-8-6-7-16(12-17)24-22(27)19-9-4-5-10-20(19)30-14-18-11-15(2)25-29-18/h4-12H,3,13-14H2,1-2H3,(H,23,26)(H,24,27). The van der Waals surface area contributed by atoms with Gasteiger partial charge in [0.2, 0.25) is 0 Å². The third kappa shape index (κ3) is 6.12. The van der Waals surface area contributed by atoms with Crippen LogP contribution < -0.4 is 15.4 Å². The molecule has 0 aliphatic heterocycles. The molecule has 3 rings (SSSR count). The van der Waals surface area contributed by atoms with Crippen molar-refractivity contribution in [3.8, 4) is 5.75 Å². The fraction of sp³-hybridized carbons (Fsp3) is 0.227. The summed E-state index contributed by atoms with van der Waals surface area (Å²) in [6, 6.07) is 16.2. The zero-order valence-corrected chi connectivity index (χ0v) is 17.6. The molecule has 0 saturated heterocycles. The summed E-state index contributed by atoms with van der Waals surface area (Å²) in [6.07, 6.45) is 0.